The van der Waals surface area contributed by atoms with Crippen molar-refractivity contribution >= 4 is 46.4 Å². The Morgan fingerprint density at radius 3 is 2.46 bits per heavy atom. The number of aliphatic hydroxyl groups excluding tert-OH is 1. The number of amides is 2. The zero-order chi connectivity index (χ0) is 29.5. The van der Waals surface area contributed by atoms with E-state index in [0.717, 1.165) is 35.2 Å². The van der Waals surface area contributed by atoms with Crippen LogP contribution in [-0.2, 0) is 16.0 Å². The predicted molar refractivity (Wildman–Crippen MR) is 157 cm³/mol. The molecule has 0 aromatic heterocycles. The van der Waals surface area contributed by atoms with Gasteiger partial charge in [-0.2, -0.15) is 0 Å². The van der Waals surface area contributed by atoms with Crippen molar-refractivity contribution in [3.63, 3.8) is 0 Å². The van der Waals surface area contributed by atoms with Gasteiger partial charge in [-0.15, -0.1) is 0 Å². The maximum absolute atomic E-state index is 13.1. The number of aliphatic hydroxyl groups is 1. The Labute approximate surface area is 247 Å². The third-order valence-electron chi connectivity index (χ3n) is 6.90. The summed E-state index contributed by atoms with van der Waals surface area (Å²) in [4.78, 5) is 38.6. The first-order valence-electron chi connectivity index (χ1n) is 13.0. The number of rotatable bonds is 11. The van der Waals surface area contributed by atoms with Crippen molar-refractivity contribution in [1.82, 2.24) is 10.6 Å². The van der Waals surface area contributed by atoms with Crippen LogP contribution in [-0.4, -0.2) is 60.9 Å². The zero-order valence-electron chi connectivity index (χ0n) is 22.3. The lowest BCUT2D eigenvalue weighted by Crippen LogP contribution is -2.51. The molecule has 0 fully saturated rings. The minimum Gasteiger partial charge on any atom is -0.371 e. The Morgan fingerprint density at radius 2 is 1.80 bits per heavy atom. The molecule has 0 radical (unpaired) electrons. The van der Waals surface area contributed by atoms with E-state index >= 15 is 0 Å². The SMILES string of the molecule is COC(O)[C@H](CNC(=O)CCN1CCCc2ccc([N+](=O)[O-])cc21)NC(=O)c1c(Cl)cc(-c2ccccc2)cc1Cl. The smallest absolute Gasteiger partial charge is 0.271 e. The molecule has 0 bridgehead atoms. The normalized spacial score (nSPS) is 14.1. The Bertz CT molecular complexity index is 1400. The molecule has 10 nitrogen and oxygen atoms in total. The molecule has 0 saturated heterocycles. The van der Waals surface area contributed by atoms with Crippen LogP contribution >= 0.6 is 23.2 Å². The molecule has 2 amide bonds. The molecule has 41 heavy (non-hydrogen) atoms. The fraction of sp³-hybridized carbons (Fsp3) is 0.310. The fourth-order valence-electron chi connectivity index (χ4n) is 4.75. The number of nitrogens with zero attached hydrogens (tertiary/aromatic N) is 2. The van der Waals surface area contributed by atoms with Crippen LogP contribution in [0.25, 0.3) is 11.1 Å². The molecule has 216 valence electrons. The lowest BCUT2D eigenvalue weighted by molar-refractivity contribution is -0.384. The first-order chi connectivity index (χ1) is 19.7. The number of non-ortho nitro benzene ring substituents is 1. The van der Waals surface area contributed by atoms with Crippen LogP contribution in [0.1, 0.15) is 28.8 Å². The Morgan fingerprint density at radius 1 is 1.10 bits per heavy atom. The average Bonchev–Trinajstić information content (AvgIpc) is 2.97. The predicted octanol–water partition coefficient (Wildman–Crippen LogP) is 4.59. The van der Waals surface area contributed by atoms with Gasteiger partial charge in [0, 0.05) is 51.0 Å². The zero-order valence-corrected chi connectivity index (χ0v) is 23.8. The Hall–Kier alpha value is -3.70. The Balaban J connectivity index is 1.37. The molecule has 0 spiro atoms. The molecule has 1 heterocycles. The molecule has 3 aromatic rings. The van der Waals surface area contributed by atoms with E-state index in [1.54, 1.807) is 18.2 Å². The number of aryl methyl sites for hydroxylation is 1. The quantitative estimate of drug-likeness (QED) is 0.166. The molecule has 3 N–H and O–H groups in total. The second-order valence-corrected chi connectivity index (χ2v) is 10.4. The topological polar surface area (TPSA) is 134 Å². The van der Waals surface area contributed by atoms with E-state index in [2.05, 4.69) is 10.6 Å². The summed E-state index contributed by atoms with van der Waals surface area (Å²) in [6.07, 6.45) is 0.368. The minimum absolute atomic E-state index is 0.00199. The number of halogens is 2. The van der Waals surface area contributed by atoms with E-state index in [4.69, 9.17) is 27.9 Å². The number of hydrogen-bond donors (Lipinski definition) is 3. The van der Waals surface area contributed by atoms with Crippen LogP contribution in [0.4, 0.5) is 11.4 Å². The first-order valence-corrected chi connectivity index (χ1v) is 13.8. The van der Waals surface area contributed by atoms with Crippen LogP contribution in [0, 0.1) is 10.1 Å². The molecular weight excluding hydrogens is 571 g/mol. The van der Waals surface area contributed by atoms with Crippen molar-refractivity contribution in [2.75, 3.05) is 31.6 Å². The van der Waals surface area contributed by atoms with E-state index in [1.165, 1.54) is 19.2 Å². The highest BCUT2D eigenvalue weighted by atomic mass is 35.5. The second kappa shape index (κ2) is 13.8. The van der Waals surface area contributed by atoms with Crippen LogP contribution in [0.3, 0.4) is 0 Å². The third-order valence-corrected chi connectivity index (χ3v) is 7.50. The van der Waals surface area contributed by atoms with Crippen molar-refractivity contribution in [1.29, 1.82) is 0 Å². The van der Waals surface area contributed by atoms with Crippen molar-refractivity contribution < 1.29 is 24.4 Å². The highest BCUT2D eigenvalue weighted by Gasteiger charge is 2.26. The summed E-state index contributed by atoms with van der Waals surface area (Å²) >= 11 is 12.9. The Kier molecular flexibility index (Phi) is 10.2. The summed E-state index contributed by atoms with van der Waals surface area (Å²) in [6.45, 7) is 0.898. The fourth-order valence-corrected chi connectivity index (χ4v) is 5.41. The van der Waals surface area contributed by atoms with Crippen molar-refractivity contribution in [2.45, 2.75) is 31.6 Å². The van der Waals surface area contributed by atoms with E-state index in [-0.39, 0.29) is 40.2 Å². The van der Waals surface area contributed by atoms with Gasteiger partial charge in [0.15, 0.2) is 6.29 Å². The number of anilines is 1. The number of ether oxygens (including phenoxy) is 1. The lowest BCUT2D eigenvalue weighted by Gasteiger charge is -2.31. The molecule has 1 aliphatic heterocycles. The number of hydrogen-bond acceptors (Lipinski definition) is 7. The first kappa shape index (κ1) is 30.3. The van der Waals surface area contributed by atoms with Gasteiger partial charge in [0.2, 0.25) is 5.91 Å². The molecular formula is C29H30Cl2N4O6. The molecule has 12 heteroatoms. The van der Waals surface area contributed by atoms with Crippen LogP contribution in [0.15, 0.2) is 60.7 Å². The van der Waals surface area contributed by atoms with Crippen LogP contribution in [0.2, 0.25) is 10.0 Å². The number of nitro benzene ring substituents is 1. The van der Waals surface area contributed by atoms with Gasteiger partial charge < -0.3 is 25.4 Å². The van der Waals surface area contributed by atoms with Gasteiger partial charge in [0.1, 0.15) is 0 Å². The number of methoxy groups -OCH3 is 1. The maximum Gasteiger partial charge on any atom is 0.271 e. The number of carbonyl (C=O) groups excluding carboxylic acids is 2. The van der Waals surface area contributed by atoms with Gasteiger partial charge in [0.05, 0.1) is 26.6 Å². The average molecular weight is 601 g/mol. The van der Waals surface area contributed by atoms with Crippen molar-refractivity contribution in [3.8, 4) is 11.1 Å². The molecule has 1 aliphatic rings. The highest BCUT2D eigenvalue weighted by molar-refractivity contribution is 6.40. The van der Waals surface area contributed by atoms with E-state index in [1.807, 2.05) is 35.2 Å². The van der Waals surface area contributed by atoms with Crippen LogP contribution in [0.5, 0.6) is 0 Å². The largest absolute Gasteiger partial charge is 0.371 e. The standard InChI is InChI=1S/C29H30Cl2N4O6/c1-41-29(38)24(33-28(37)27-22(30)14-20(15-23(27)31)18-6-3-2-4-7-18)17-32-26(36)11-13-34-12-5-8-19-9-10-21(35(39)40)16-25(19)34/h2-4,6-7,9-10,14-16,24,29,38H,5,8,11-13,17H2,1H3,(H,32,36)(H,33,37)/t24-,29?/m0/s1. The number of nitrogens with one attached hydrogen (secondary N) is 2. The van der Waals surface area contributed by atoms with E-state index < -0.39 is 23.2 Å². The molecule has 4 rings (SSSR count). The maximum atomic E-state index is 13.1. The van der Waals surface area contributed by atoms with Gasteiger partial charge >= 0.3 is 0 Å². The second-order valence-electron chi connectivity index (χ2n) is 9.60. The van der Waals surface area contributed by atoms with Gasteiger partial charge in [-0.1, -0.05) is 59.6 Å². The summed E-state index contributed by atoms with van der Waals surface area (Å²) in [6, 6.07) is 16.5. The molecule has 0 saturated carbocycles. The number of nitro groups is 1. The summed E-state index contributed by atoms with van der Waals surface area (Å²) in [5.41, 5.74) is 3.41. The number of fused-ring (bicyclic) bond motifs is 1. The highest BCUT2D eigenvalue weighted by Crippen LogP contribution is 2.32. The molecule has 1 unspecified atom stereocenters. The molecule has 0 aliphatic carbocycles. The third kappa shape index (κ3) is 7.53. The van der Waals surface area contributed by atoms with E-state index in [9.17, 15) is 24.8 Å². The lowest BCUT2D eigenvalue weighted by atomic mass is 10.0. The summed E-state index contributed by atoms with van der Waals surface area (Å²) in [7, 11) is 1.27. The van der Waals surface area contributed by atoms with Gasteiger partial charge in [-0.25, -0.2) is 0 Å². The van der Waals surface area contributed by atoms with Gasteiger partial charge in [-0.05, 0) is 41.7 Å². The molecule has 3 aromatic carbocycles. The van der Waals surface area contributed by atoms with Crippen molar-refractivity contribution in [3.05, 3.63) is 92.0 Å². The number of benzene rings is 3. The van der Waals surface area contributed by atoms with Crippen LogP contribution < -0.4 is 15.5 Å². The summed E-state index contributed by atoms with van der Waals surface area (Å²) < 4.78 is 5.00. The summed E-state index contributed by atoms with van der Waals surface area (Å²) in [5.74, 6) is -0.963. The monoisotopic (exact) mass is 600 g/mol. The minimum atomic E-state index is -1.42. The number of carbonyl (C=O) groups is 2. The van der Waals surface area contributed by atoms with E-state index in [0.29, 0.717) is 13.1 Å². The van der Waals surface area contributed by atoms with Gasteiger partial charge in [-0.3, -0.25) is 19.7 Å². The molecule has 2 atom stereocenters. The van der Waals surface area contributed by atoms with Crippen molar-refractivity contribution in [2.24, 2.45) is 0 Å². The summed E-state index contributed by atoms with van der Waals surface area (Å²) in [5, 5.41) is 27.2. The van der Waals surface area contributed by atoms with Gasteiger partial charge in [0.25, 0.3) is 11.6 Å².